The van der Waals surface area contributed by atoms with E-state index in [1.165, 1.54) is 5.69 Å². The lowest BCUT2D eigenvalue weighted by Crippen LogP contribution is -2.35. The normalized spacial score (nSPS) is 15.3. The molecule has 0 bridgehead atoms. The van der Waals surface area contributed by atoms with Crippen LogP contribution in [-0.4, -0.2) is 37.0 Å². The van der Waals surface area contributed by atoms with Gasteiger partial charge in [-0.3, -0.25) is 4.79 Å². The number of hydrogen-bond donors (Lipinski definition) is 0. The van der Waals surface area contributed by atoms with Gasteiger partial charge in [0.2, 0.25) is 0 Å². The van der Waals surface area contributed by atoms with Crippen molar-refractivity contribution in [2.24, 2.45) is 0 Å². The van der Waals surface area contributed by atoms with Crippen molar-refractivity contribution in [1.82, 2.24) is 4.90 Å². The Kier molecular flexibility index (Phi) is 4.41. The predicted octanol–water partition coefficient (Wildman–Crippen LogP) is 4.40. The number of carbonyl (C=O) groups excluding carboxylic acids is 1. The maximum absolute atomic E-state index is 13.1. The second-order valence-electron chi connectivity index (χ2n) is 7.02. The van der Waals surface area contributed by atoms with Gasteiger partial charge in [-0.2, -0.15) is 0 Å². The van der Waals surface area contributed by atoms with E-state index in [1.807, 2.05) is 36.9 Å². The average Bonchev–Trinajstić information content (AvgIpc) is 2.84. The molecule has 2 aromatic carbocycles. The number of para-hydroxylation sites is 1. The van der Waals surface area contributed by atoms with Crippen LogP contribution >= 0.6 is 0 Å². The van der Waals surface area contributed by atoms with E-state index in [2.05, 4.69) is 35.2 Å². The SMILES string of the molecule is Cc1ccc2c(C)c(C(=O)N3CCCN(c4ccccc4)CC3)oc2c1. The van der Waals surface area contributed by atoms with Gasteiger partial charge in [-0.05, 0) is 44.0 Å². The molecule has 134 valence electrons. The lowest BCUT2D eigenvalue weighted by atomic mass is 10.1. The maximum Gasteiger partial charge on any atom is 0.289 e. The topological polar surface area (TPSA) is 36.7 Å². The van der Waals surface area contributed by atoms with Crippen LogP contribution in [0.5, 0.6) is 0 Å². The van der Waals surface area contributed by atoms with E-state index in [1.54, 1.807) is 0 Å². The number of aryl methyl sites for hydroxylation is 2. The van der Waals surface area contributed by atoms with Crippen LogP contribution in [-0.2, 0) is 0 Å². The van der Waals surface area contributed by atoms with E-state index >= 15 is 0 Å². The van der Waals surface area contributed by atoms with Gasteiger partial charge >= 0.3 is 0 Å². The first-order valence-corrected chi connectivity index (χ1v) is 9.22. The summed E-state index contributed by atoms with van der Waals surface area (Å²) in [7, 11) is 0. The van der Waals surface area contributed by atoms with Crippen LogP contribution in [0.4, 0.5) is 5.69 Å². The zero-order chi connectivity index (χ0) is 18.1. The summed E-state index contributed by atoms with van der Waals surface area (Å²) in [6.45, 7) is 7.29. The molecule has 0 N–H and O–H groups in total. The Morgan fingerprint density at radius 3 is 2.58 bits per heavy atom. The van der Waals surface area contributed by atoms with Gasteiger partial charge < -0.3 is 14.2 Å². The lowest BCUT2D eigenvalue weighted by molar-refractivity contribution is 0.0736. The van der Waals surface area contributed by atoms with Gasteiger partial charge in [-0.1, -0.05) is 30.3 Å². The molecule has 1 amide bonds. The van der Waals surface area contributed by atoms with E-state index < -0.39 is 0 Å². The van der Waals surface area contributed by atoms with Crippen LogP contribution in [0.3, 0.4) is 0 Å². The first kappa shape index (κ1) is 16.7. The molecule has 0 spiro atoms. The van der Waals surface area contributed by atoms with Crippen LogP contribution < -0.4 is 4.90 Å². The van der Waals surface area contributed by atoms with Gasteiger partial charge in [-0.15, -0.1) is 0 Å². The molecule has 2 heterocycles. The fourth-order valence-corrected chi connectivity index (χ4v) is 3.70. The summed E-state index contributed by atoms with van der Waals surface area (Å²) in [5.74, 6) is 0.491. The van der Waals surface area contributed by atoms with Gasteiger partial charge in [0.15, 0.2) is 5.76 Å². The van der Waals surface area contributed by atoms with E-state index in [0.29, 0.717) is 12.3 Å². The molecule has 4 heteroatoms. The monoisotopic (exact) mass is 348 g/mol. The number of rotatable bonds is 2. The average molecular weight is 348 g/mol. The van der Waals surface area contributed by atoms with Crippen LogP contribution in [0, 0.1) is 13.8 Å². The molecule has 0 unspecified atom stereocenters. The molecule has 1 fully saturated rings. The Labute approximate surface area is 154 Å². The summed E-state index contributed by atoms with van der Waals surface area (Å²) < 4.78 is 5.94. The molecule has 1 aliphatic heterocycles. The Morgan fingerprint density at radius 1 is 0.962 bits per heavy atom. The molecule has 3 aromatic rings. The maximum atomic E-state index is 13.1. The Morgan fingerprint density at radius 2 is 1.77 bits per heavy atom. The summed E-state index contributed by atoms with van der Waals surface area (Å²) >= 11 is 0. The molecular weight excluding hydrogens is 324 g/mol. The molecule has 26 heavy (non-hydrogen) atoms. The summed E-state index contributed by atoms with van der Waals surface area (Å²) in [5.41, 5.74) is 4.09. The number of carbonyl (C=O) groups is 1. The van der Waals surface area contributed by atoms with Crippen molar-refractivity contribution in [2.75, 3.05) is 31.1 Å². The Balaban J connectivity index is 1.54. The highest BCUT2D eigenvalue weighted by Gasteiger charge is 2.25. The predicted molar refractivity (Wildman–Crippen MR) is 105 cm³/mol. The highest BCUT2D eigenvalue weighted by Crippen LogP contribution is 2.27. The highest BCUT2D eigenvalue weighted by molar-refractivity contribution is 5.99. The number of fused-ring (bicyclic) bond motifs is 1. The van der Waals surface area contributed by atoms with Crippen molar-refractivity contribution in [1.29, 1.82) is 0 Å². The van der Waals surface area contributed by atoms with Crippen molar-refractivity contribution >= 4 is 22.6 Å². The minimum absolute atomic E-state index is 0.00580. The fourth-order valence-electron chi connectivity index (χ4n) is 3.70. The zero-order valence-electron chi connectivity index (χ0n) is 15.4. The molecule has 4 rings (SSSR count). The van der Waals surface area contributed by atoms with Crippen LogP contribution in [0.1, 0.15) is 28.1 Å². The molecule has 1 aromatic heterocycles. The smallest absolute Gasteiger partial charge is 0.289 e. The van der Waals surface area contributed by atoms with Gasteiger partial charge in [0.25, 0.3) is 5.91 Å². The van der Waals surface area contributed by atoms with E-state index in [4.69, 9.17) is 4.42 Å². The third-order valence-corrected chi connectivity index (χ3v) is 5.19. The number of furan rings is 1. The summed E-state index contributed by atoms with van der Waals surface area (Å²) in [5, 5.41) is 1.03. The van der Waals surface area contributed by atoms with E-state index in [0.717, 1.165) is 48.2 Å². The Hall–Kier alpha value is -2.75. The summed E-state index contributed by atoms with van der Waals surface area (Å²) in [4.78, 5) is 17.4. The van der Waals surface area contributed by atoms with Gasteiger partial charge in [0.1, 0.15) is 5.58 Å². The standard InChI is InChI=1S/C22H24N2O2/c1-16-9-10-19-17(2)21(26-20(19)15-16)22(25)24-12-6-11-23(13-14-24)18-7-4-3-5-8-18/h3-5,7-10,15H,6,11-14H2,1-2H3. The molecule has 0 radical (unpaired) electrons. The minimum atomic E-state index is 0.00580. The van der Waals surface area contributed by atoms with Crippen molar-refractivity contribution in [3.8, 4) is 0 Å². The molecular formula is C22H24N2O2. The second-order valence-corrected chi connectivity index (χ2v) is 7.02. The van der Waals surface area contributed by atoms with Crippen LogP contribution in [0.15, 0.2) is 52.9 Å². The van der Waals surface area contributed by atoms with Crippen molar-refractivity contribution < 1.29 is 9.21 Å². The molecule has 1 aliphatic rings. The number of amides is 1. The number of hydrogen-bond acceptors (Lipinski definition) is 3. The number of nitrogens with zero attached hydrogens (tertiary/aromatic N) is 2. The molecule has 4 nitrogen and oxygen atoms in total. The fraction of sp³-hybridized carbons (Fsp3) is 0.318. The first-order chi connectivity index (χ1) is 12.6. The van der Waals surface area contributed by atoms with Gasteiger partial charge in [-0.25, -0.2) is 0 Å². The first-order valence-electron chi connectivity index (χ1n) is 9.22. The van der Waals surface area contributed by atoms with Crippen molar-refractivity contribution in [3.05, 3.63) is 65.4 Å². The third-order valence-electron chi connectivity index (χ3n) is 5.19. The lowest BCUT2D eigenvalue weighted by Gasteiger charge is -2.23. The summed E-state index contributed by atoms with van der Waals surface area (Å²) in [6.07, 6.45) is 0.957. The molecule has 0 saturated carbocycles. The van der Waals surface area contributed by atoms with Crippen LogP contribution in [0.25, 0.3) is 11.0 Å². The molecule has 0 aliphatic carbocycles. The largest absolute Gasteiger partial charge is 0.451 e. The minimum Gasteiger partial charge on any atom is -0.451 e. The number of benzene rings is 2. The third kappa shape index (κ3) is 3.07. The Bertz CT molecular complexity index is 930. The molecule has 1 saturated heterocycles. The molecule has 0 atom stereocenters. The zero-order valence-corrected chi connectivity index (χ0v) is 15.4. The second kappa shape index (κ2) is 6.87. The highest BCUT2D eigenvalue weighted by atomic mass is 16.3. The van der Waals surface area contributed by atoms with Gasteiger partial charge in [0.05, 0.1) is 0 Å². The van der Waals surface area contributed by atoms with Crippen LogP contribution in [0.2, 0.25) is 0 Å². The summed E-state index contributed by atoms with van der Waals surface area (Å²) in [6, 6.07) is 16.5. The van der Waals surface area contributed by atoms with Crippen molar-refractivity contribution in [2.45, 2.75) is 20.3 Å². The van der Waals surface area contributed by atoms with E-state index in [-0.39, 0.29) is 5.91 Å². The quantitative estimate of drug-likeness (QED) is 0.689. The van der Waals surface area contributed by atoms with Crippen molar-refractivity contribution in [3.63, 3.8) is 0 Å². The van der Waals surface area contributed by atoms with E-state index in [9.17, 15) is 4.79 Å². The number of anilines is 1. The van der Waals surface area contributed by atoms with Gasteiger partial charge in [0, 0.05) is 42.8 Å².